The number of benzene rings is 1. The van der Waals surface area contributed by atoms with Gasteiger partial charge in [0.2, 0.25) is 23.6 Å². The Morgan fingerprint density at radius 2 is 2.00 bits per heavy atom. The van der Waals surface area contributed by atoms with E-state index in [0.717, 1.165) is 5.56 Å². The number of rotatable bonds is 4. The first-order valence-electron chi connectivity index (χ1n) is 9.15. The van der Waals surface area contributed by atoms with Crippen molar-refractivity contribution in [3.63, 3.8) is 0 Å². The number of piperidine rings is 1. The van der Waals surface area contributed by atoms with E-state index < -0.39 is 42.5 Å². The normalized spacial score (nSPS) is 23.9. The molecule has 2 fully saturated rings. The molecule has 2 N–H and O–H groups in total. The van der Waals surface area contributed by atoms with Crippen LogP contribution in [0.2, 0.25) is 0 Å². The number of carbonyl (C=O) groups excluding carboxylic acids is 4. The number of alkyl halides is 2. The van der Waals surface area contributed by atoms with Crippen LogP contribution >= 0.6 is 0 Å². The Morgan fingerprint density at radius 1 is 1.25 bits per heavy atom. The molecule has 1 saturated carbocycles. The number of fused-ring (bicyclic) bond motifs is 1. The monoisotopic (exact) mass is 391 g/mol. The minimum atomic E-state index is -2.75. The molecule has 0 radical (unpaired) electrons. The molecule has 1 aromatic rings. The van der Waals surface area contributed by atoms with Crippen molar-refractivity contribution in [3.05, 3.63) is 34.9 Å². The van der Waals surface area contributed by atoms with Gasteiger partial charge in [0.15, 0.2) is 0 Å². The number of hydrogen-bond donors (Lipinski definition) is 2. The SMILES string of the molecule is O=C1CCC(N2Cc3ccc(CNC(=O)C4CC(F)(F)C4)cc3C2=O)C(=O)N1. The Bertz CT molecular complexity index is 878. The van der Waals surface area contributed by atoms with Gasteiger partial charge < -0.3 is 10.2 Å². The predicted octanol–water partition coefficient (Wildman–Crippen LogP) is 1.11. The Kier molecular flexibility index (Phi) is 4.40. The Balaban J connectivity index is 1.40. The summed E-state index contributed by atoms with van der Waals surface area (Å²) in [4.78, 5) is 49.5. The second kappa shape index (κ2) is 6.65. The maximum atomic E-state index is 12.9. The van der Waals surface area contributed by atoms with Crippen molar-refractivity contribution in [1.82, 2.24) is 15.5 Å². The lowest BCUT2D eigenvalue weighted by Gasteiger charge is -2.33. The van der Waals surface area contributed by atoms with Crippen LogP contribution in [0.1, 0.15) is 47.2 Å². The molecule has 7 nitrogen and oxygen atoms in total. The van der Waals surface area contributed by atoms with Gasteiger partial charge >= 0.3 is 0 Å². The van der Waals surface area contributed by atoms with Gasteiger partial charge in [-0.3, -0.25) is 24.5 Å². The number of halogens is 2. The second-order valence-electron chi connectivity index (χ2n) is 7.57. The van der Waals surface area contributed by atoms with Gasteiger partial charge in [-0.25, -0.2) is 8.78 Å². The average Bonchev–Trinajstić information content (AvgIpc) is 2.94. The third kappa shape index (κ3) is 3.36. The van der Waals surface area contributed by atoms with Gasteiger partial charge in [0.05, 0.1) is 0 Å². The van der Waals surface area contributed by atoms with Crippen LogP contribution in [0.15, 0.2) is 18.2 Å². The fourth-order valence-electron chi connectivity index (χ4n) is 3.89. The molecule has 0 bridgehead atoms. The van der Waals surface area contributed by atoms with Crippen LogP contribution in [0, 0.1) is 5.92 Å². The minimum absolute atomic E-state index is 0.139. The summed E-state index contributed by atoms with van der Waals surface area (Å²) in [6.07, 6.45) is -0.377. The summed E-state index contributed by atoms with van der Waals surface area (Å²) in [5.41, 5.74) is 1.90. The molecule has 28 heavy (non-hydrogen) atoms. The zero-order valence-electron chi connectivity index (χ0n) is 15.0. The quantitative estimate of drug-likeness (QED) is 0.752. The molecule has 2 aliphatic heterocycles. The number of carbonyl (C=O) groups is 4. The molecular formula is C19H19F2N3O4. The molecule has 9 heteroatoms. The van der Waals surface area contributed by atoms with E-state index in [0.29, 0.717) is 17.5 Å². The van der Waals surface area contributed by atoms with E-state index in [1.54, 1.807) is 18.2 Å². The first-order valence-corrected chi connectivity index (χ1v) is 9.15. The highest BCUT2D eigenvalue weighted by Gasteiger charge is 2.48. The predicted molar refractivity (Wildman–Crippen MR) is 92.0 cm³/mol. The summed E-state index contributed by atoms with van der Waals surface area (Å²) in [7, 11) is 0. The first kappa shape index (κ1) is 18.5. The molecule has 0 aromatic heterocycles. The van der Waals surface area contributed by atoms with Crippen molar-refractivity contribution < 1.29 is 28.0 Å². The van der Waals surface area contributed by atoms with Crippen LogP contribution in [0.25, 0.3) is 0 Å². The molecule has 0 spiro atoms. The van der Waals surface area contributed by atoms with Gasteiger partial charge in [0, 0.05) is 43.8 Å². The number of imide groups is 1. The molecule has 1 aliphatic carbocycles. The molecule has 1 unspecified atom stereocenters. The van der Waals surface area contributed by atoms with Crippen molar-refractivity contribution in [1.29, 1.82) is 0 Å². The van der Waals surface area contributed by atoms with Crippen molar-refractivity contribution in [2.75, 3.05) is 0 Å². The van der Waals surface area contributed by atoms with Gasteiger partial charge in [-0.15, -0.1) is 0 Å². The van der Waals surface area contributed by atoms with E-state index >= 15 is 0 Å². The smallest absolute Gasteiger partial charge is 0.255 e. The third-order valence-electron chi connectivity index (χ3n) is 5.52. The van der Waals surface area contributed by atoms with Gasteiger partial charge in [-0.2, -0.15) is 0 Å². The van der Waals surface area contributed by atoms with Crippen LogP contribution < -0.4 is 10.6 Å². The maximum Gasteiger partial charge on any atom is 0.255 e. The topological polar surface area (TPSA) is 95.6 Å². The summed E-state index contributed by atoms with van der Waals surface area (Å²) in [5, 5.41) is 4.88. The molecule has 4 amide bonds. The molecule has 1 aromatic carbocycles. The molecular weight excluding hydrogens is 372 g/mol. The third-order valence-corrected chi connectivity index (χ3v) is 5.52. The summed E-state index contributed by atoms with van der Waals surface area (Å²) in [6.45, 7) is 0.421. The number of nitrogens with zero attached hydrogens (tertiary/aromatic N) is 1. The average molecular weight is 391 g/mol. The largest absolute Gasteiger partial charge is 0.352 e. The Labute approximate surface area is 159 Å². The second-order valence-corrected chi connectivity index (χ2v) is 7.57. The molecule has 3 aliphatic rings. The molecule has 4 rings (SSSR count). The van der Waals surface area contributed by atoms with Gasteiger partial charge in [-0.1, -0.05) is 12.1 Å². The van der Waals surface area contributed by atoms with Crippen molar-refractivity contribution in [3.8, 4) is 0 Å². The van der Waals surface area contributed by atoms with Crippen LogP contribution in [-0.4, -0.2) is 40.5 Å². The molecule has 1 saturated heterocycles. The van der Waals surface area contributed by atoms with Gasteiger partial charge in [-0.05, 0) is 23.6 Å². The Morgan fingerprint density at radius 3 is 2.68 bits per heavy atom. The van der Waals surface area contributed by atoms with Crippen molar-refractivity contribution in [2.45, 2.75) is 50.7 Å². The highest BCUT2D eigenvalue weighted by molar-refractivity contribution is 6.05. The van der Waals surface area contributed by atoms with Crippen LogP contribution in [0.5, 0.6) is 0 Å². The highest BCUT2D eigenvalue weighted by atomic mass is 19.3. The maximum absolute atomic E-state index is 12.9. The summed E-state index contributed by atoms with van der Waals surface area (Å²) in [6, 6.07) is 4.49. The summed E-state index contributed by atoms with van der Waals surface area (Å²) in [5.74, 6) is -4.94. The number of amides is 4. The molecule has 148 valence electrons. The van der Waals surface area contributed by atoms with E-state index in [9.17, 15) is 28.0 Å². The fraction of sp³-hybridized carbons (Fsp3) is 0.474. The zero-order chi connectivity index (χ0) is 20.1. The first-order chi connectivity index (χ1) is 13.2. The lowest BCUT2D eigenvalue weighted by atomic mass is 9.81. The van der Waals surface area contributed by atoms with Gasteiger partial charge in [0.25, 0.3) is 5.91 Å². The van der Waals surface area contributed by atoms with E-state index in [-0.39, 0.29) is 31.3 Å². The number of nitrogens with one attached hydrogen (secondary N) is 2. The summed E-state index contributed by atoms with van der Waals surface area (Å²) >= 11 is 0. The lowest BCUT2D eigenvalue weighted by molar-refractivity contribution is -0.150. The van der Waals surface area contributed by atoms with Crippen LogP contribution in [-0.2, 0) is 27.5 Å². The van der Waals surface area contributed by atoms with Gasteiger partial charge in [0.1, 0.15) is 6.04 Å². The van der Waals surface area contributed by atoms with Crippen molar-refractivity contribution >= 4 is 23.6 Å². The Hall–Kier alpha value is -2.84. The van der Waals surface area contributed by atoms with Crippen LogP contribution in [0.4, 0.5) is 8.78 Å². The van der Waals surface area contributed by atoms with Crippen LogP contribution in [0.3, 0.4) is 0 Å². The van der Waals surface area contributed by atoms with E-state index in [1.165, 1.54) is 4.90 Å². The standard InChI is InChI=1S/C19H19F2N3O4/c20-19(21)6-12(7-19)16(26)22-8-10-1-2-11-9-24(18(28)13(11)5-10)14-3-4-15(25)23-17(14)27/h1-2,5,12,14H,3-4,6-9H2,(H,22,26)(H,23,25,27). The summed E-state index contributed by atoms with van der Waals surface area (Å²) < 4.78 is 25.7. The fourth-order valence-corrected chi connectivity index (χ4v) is 3.89. The molecule has 2 heterocycles. The zero-order valence-corrected chi connectivity index (χ0v) is 15.0. The highest BCUT2D eigenvalue weighted by Crippen LogP contribution is 2.42. The number of hydrogen-bond acceptors (Lipinski definition) is 4. The van der Waals surface area contributed by atoms with E-state index in [4.69, 9.17) is 0 Å². The minimum Gasteiger partial charge on any atom is -0.352 e. The van der Waals surface area contributed by atoms with E-state index in [2.05, 4.69) is 10.6 Å². The molecule has 1 atom stereocenters. The van der Waals surface area contributed by atoms with E-state index in [1.807, 2.05) is 0 Å². The van der Waals surface area contributed by atoms with Crippen molar-refractivity contribution in [2.24, 2.45) is 5.92 Å². The lowest BCUT2D eigenvalue weighted by Crippen LogP contribution is -2.52.